The summed E-state index contributed by atoms with van der Waals surface area (Å²) in [5.74, 6) is -3.90. The average Bonchev–Trinajstić information content (AvgIpc) is 3.40. The molecular weight excluding hydrogens is 352 g/mol. The summed E-state index contributed by atoms with van der Waals surface area (Å²) in [6, 6.07) is 0. The molecule has 0 amide bonds. The summed E-state index contributed by atoms with van der Waals surface area (Å²) in [7, 11) is 0. The van der Waals surface area contributed by atoms with E-state index in [1.165, 1.54) is 0 Å². The minimum Gasteiger partial charge on any atom is -0.391 e. The zero-order valence-corrected chi connectivity index (χ0v) is 15.5. The van der Waals surface area contributed by atoms with E-state index in [4.69, 9.17) is 9.47 Å². The van der Waals surface area contributed by atoms with Crippen LogP contribution in [0.15, 0.2) is 12.2 Å². The molecule has 3 saturated heterocycles. The first-order chi connectivity index (χ1) is 12.6. The smallest absolute Gasteiger partial charge is 0.208 e. The quantitative estimate of drug-likeness (QED) is 0.327. The highest BCUT2D eigenvalue weighted by atomic mass is 16.7. The molecule has 27 heavy (non-hydrogen) atoms. The monoisotopic (exact) mass is 378 g/mol. The van der Waals surface area contributed by atoms with E-state index in [1.807, 2.05) is 13.8 Å². The molecule has 7 rings (SSSR count). The standard InChI is InChI=1S/C20H26O7/c1-7-8-4-5-9-18-6-26-20(25,19(9,12(7)21)13(8)22)15(24)11(18)17(2,3)14(23)10-16(18)27-10/h8-11,13-16,22-25H,1,4-6H2,2-3H3/t8-,9-,10+,11+,13+,14-,15-,16+,18-,19-,20-/m0/s1. The Morgan fingerprint density at radius 2 is 1.81 bits per heavy atom. The number of hydrogen-bond acceptors (Lipinski definition) is 7. The number of carbonyl (C=O) groups is 1. The third-order valence-electron chi connectivity index (χ3n) is 9.29. The molecule has 4 bridgehead atoms. The van der Waals surface area contributed by atoms with Gasteiger partial charge in [0.05, 0.1) is 24.9 Å². The highest BCUT2D eigenvalue weighted by Crippen LogP contribution is 2.78. The molecule has 2 spiro atoms. The Labute approximate surface area is 157 Å². The fourth-order valence-corrected chi connectivity index (χ4v) is 8.24. The summed E-state index contributed by atoms with van der Waals surface area (Å²) in [6.07, 6.45) is -2.82. The van der Waals surface area contributed by atoms with Gasteiger partial charge in [-0.3, -0.25) is 4.79 Å². The molecule has 0 unspecified atom stereocenters. The van der Waals surface area contributed by atoms with Crippen LogP contribution >= 0.6 is 0 Å². The van der Waals surface area contributed by atoms with Crippen LogP contribution in [-0.4, -0.2) is 69.1 Å². The first-order valence-electron chi connectivity index (χ1n) is 9.87. The van der Waals surface area contributed by atoms with Crippen LogP contribution in [0, 0.1) is 34.0 Å². The summed E-state index contributed by atoms with van der Waals surface area (Å²) in [6.45, 7) is 7.79. The van der Waals surface area contributed by atoms with Crippen LogP contribution in [0.25, 0.3) is 0 Å². The van der Waals surface area contributed by atoms with Gasteiger partial charge < -0.3 is 29.9 Å². The number of fused-ring (bicyclic) bond motifs is 3. The summed E-state index contributed by atoms with van der Waals surface area (Å²) >= 11 is 0. The second-order valence-corrected chi connectivity index (χ2v) is 10.2. The molecule has 3 aliphatic heterocycles. The molecule has 7 aliphatic rings. The number of ether oxygens (including phenoxy) is 2. The summed E-state index contributed by atoms with van der Waals surface area (Å²) in [5.41, 5.74) is -2.77. The fraction of sp³-hybridized carbons (Fsp3) is 0.850. The Balaban J connectivity index is 1.65. The topological polar surface area (TPSA) is 120 Å². The molecule has 0 aromatic carbocycles. The molecule has 4 N–H and O–H groups in total. The van der Waals surface area contributed by atoms with Crippen molar-refractivity contribution >= 4 is 5.78 Å². The van der Waals surface area contributed by atoms with E-state index in [0.29, 0.717) is 18.4 Å². The van der Waals surface area contributed by atoms with Crippen molar-refractivity contribution in [3.63, 3.8) is 0 Å². The van der Waals surface area contributed by atoms with Crippen molar-refractivity contribution in [1.29, 1.82) is 0 Å². The van der Waals surface area contributed by atoms with Crippen molar-refractivity contribution in [2.45, 2.75) is 63.0 Å². The van der Waals surface area contributed by atoms with E-state index >= 15 is 0 Å². The molecule has 4 saturated carbocycles. The van der Waals surface area contributed by atoms with Gasteiger partial charge in [0.2, 0.25) is 5.79 Å². The Kier molecular flexibility index (Phi) is 2.75. The van der Waals surface area contributed by atoms with Crippen LogP contribution in [0.2, 0.25) is 0 Å². The van der Waals surface area contributed by atoms with Crippen molar-refractivity contribution < 1.29 is 34.7 Å². The number of aliphatic hydroxyl groups excluding tert-OH is 3. The van der Waals surface area contributed by atoms with E-state index in [2.05, 4.69) is 6.58 Å². The molecule has 0 aromatic heterocycles. The van der Waals surface area contributed by atoms with E-state index in [-0.39, 0.29) is 24.6 Å². The first kappa shape index (κ1) is 17.1. The van der Waals surface area contributed by atoms with Gasteiger partial charge in [-0.05, 0) is 29.7 Å². The zero-order valence-electron chi connectivity index (χ0n) is 15.5. The molecule has 3 heterocycles. The van der Waals surface area contributed by atoms with Crippen LogP contribution < -0.4 is 0 Å². The van der Waals surface area contributed by atoms with Crippen LogP contribution in [0.3, 0.4) is 0 Å². The lowest BCUT2D eigenvalue weighted by Gasteiger charge is -2.73. The van der Waals surface area contributed by atoms with Crippen LogP contribution in [0.4, 0.5) is 0 Å². The lowest BCUT2D eigenvalue weighted by Crippen LogP contribution is -2.85. The number of hydrogen-bond donors (Lipinski definition) is 4. The van der Waals surface area contributed by atoms with E-state index in [0.717, 1.165) is 0 Å². The Morgan fingerprint density at radius 3 is 2.52 bits per heavy atom. The lowest BCUT2D eigenvalue weighted by atomic mass is 9.36. The average molecular weight is 378 g/mol. The Morgan fingerprint density at radius 1 is 1.11 bits per heavy atom. The number of ketones is 1. The van der Waals surface area contributed by atoms with E-state index < -0.39 is 58.1 Å². The molecule has 0 aromatic rings. The van der Waals surface area contributed by atoms with Crippen molar-refractivity contribution in [3.8, 4) is 0 Å². The molecule has 4 aliphatic carbocycles. The van der Waals surface area contributed by atoms with E-state index in [9.17, 15) is 25.2 Å². The fourth-order valence-electron chi connectivity index (χ4n) is 8.24. The number of carbonyl (C=O) groups excluding carboxylic acids is 1. The van der Waals surface area contributed by atoms with Crippen molar-refractivity contribution in [3.05, 3.63) is 12.2 Å². The maximum Gasteiger partial charge on any atom is 0.208 e. The molecule has 11 atom stereocenters. The maximum absolute atomic E-state index is 13.4. The Hall–Kier alpha value is -0.830. The summed E-state index contributed by atoms with van der Waals surface area (Å²) in [4.78, 5) is 13.4. The molecule has 7 nitrogen and oxygen atoms in total. The number of Topliss-reactive ketones (excluding diaryl/α,β-unsaturated/α-hetero) is 1. The van der Waals surface area contributed by atoms with E-state index in [1.54, 1.807) is 0 Å². The van der Waals surface area contributed by atoms with Crippen molar-refractivity contribution in [2.75, 3.05) is 6.61 Å². The minimum atomic E-state index is -2.20. The number of aliphatic hydroxyl groups is 4. The second-order valence-electron chi connectivity index (χ2n) is 10.2. The van der Waals surface area contributed by atoms with Crippen molar-refractivity contribution in [2.24, 2.45) is 34.0 Å². The molecule has 148 valence electrons. The predicted molar refractivity (Wildman–Crippen MR) is 90.1 cm³/mol. The second kappa shape index (κ2) is 4.35. The third kappa shape index (κ3) is 1.35. The first-order valence-corrected chi connectivity index (χ1v) is 9.87. The van der Waals surface area contributed by atoms with Crippen LogP contribution in [-0.2, 0) is 14.3 Å². The molecule has 0 radical (unpaired) electrons. The molecule has 7 heteroatoms. The number of rotatable bonds is 0. The highest BCUT2D eigenvalue weighted by Gasteiger charge is 2.90. The van der Waals surface area contributed by atoms with Gasteiger partial charge in [-0.1, -0.05) is 20.4 Å². The van der Waals surface area contributed by atoms with Crippen molar-refractivity contribution in [1.82, 2.24) is 0 Å². The normalized spacial score (nSPS) is 64.8. The van der Waals surface area contributed by atoms with Gasteiger partial charge in [-0.15, -0.1) is 0 Å². The maximum atomic E-state index is 13.4. The van der Waals surface area contributed by atoms with Gasteiger partial charge in [0.25, 0.3) is 0 Å². The molecule has 7 fully saturated rings. The van der Waals surface area contributed by atoms with Gasteiger partial charge in [0, 0.05) is 17.3 Å². The van der Waals surface area contributed by atoms with Gasteiger partial charge in [0.1, 0.15) is 17.6 Å². The van der Waals surface area contributed by atoms with Crippen LogP contribution in [0.1, 0.15) is 26.7 Å². The minimum absolute atomic E-state index is 0.145. The predicted octanol–water partition coefficient (Wildman–Crippen LogP) is -0.637. The lowest BCUT2D eigenvalue weighted by molar-refractivity contribution is -0.450. The largest absolute Gasteiger partial charge is 0.391 e. The number of epoxide rings is 1. The summed E-state index contributed by atoms with van der Waals surface area (Å²) < 4.78 is 11.8. The van der Waals surface area contributed by atoms with Gasteiger partial charge >= 0.3 is 0 Å². The Bertz CT molecular complexity index is 793. The van der Waals surface area contributed by atoms with Gasteiger partial charge in [-0.25, -0.2) is 0 Å². The summed E-state index contributed by atoms with van der Waals surface area (Å²) in [5, 5.41) is 45.0. The van der Waals surface area contributed by atoms with Crippen LogP contribution in [0.5, 0.6) is 0 Å². The SMILES string of the molecule is C=C1C(=O)[C@]23[C@H](O)[C@H]1CC[C@H]2[C@@]12CO[C@@]3(O)[C@@H](O)[C@@H]1C(C)(C)[C@@H](O)[C@H]1O[C@H]12. The highest BCUT2D eigenvalue weighted by molar-refractivity contribution is 6.05. The third-order valence-corrected chi connectivity index (χ3v) is 9.29. The van der Waals surface area contributed by atoms with Gasteiger partial charge in [0.15, 0.2) is 5.78 Å². The molecular formula is C20H26O7. The van der Waals surface area contributed by atoms with Gasteiger partial charge in [-0.2, -0.15) is 0 Å². The zero-order chi connectivity index (χ0) is 19.3.